The largest absolute Gasteiger partial charge is 0.506 e. The second-order valence-electron chi connectivity index (χ2n) is 3.93. The van der Waals surface area contributed by atoms with Crippen molar-refractivity contribution in [2.24, 2.45) is 0 Å². The third-order valence-corrected chi connectivity index (χ3v) is 4.13. The molecule has 0 fully saturated rings. The molecule has 0 radical (unpaired) electrons. The van der Waals surface area contributed by atoms with Crippen LogP contribution in [-0.4, -0.2) is 22.1 Å². The number of hydrogen-bond donors (Lipinski definition) is 2. The van der Waals surface area contributed by atoms with Gasteiger partial charge in [-0.05, 0) is 47.2 Å². The summed E-state index contributed by atoms with van der Waals surface area (Å²) in [6.45, 7) is 2.05. The van der Waals surface area contributed by atoms with E-state index in [4.69, 9.17) is 11.6 Å². The Morgan fingerprint density at radius 2 is 2.11 bits per heavy atom. The molecule has 0 unspecified atom stereocenters. The molecule has 0 bridgehead atoms. The van der Waals surface area contributed by atoms with Crippen LogP contribution < -0.4 is 5.32 Å². The highest BCUT2D eigenvalue weighted by molar-refractivity contribution is 14.1. The highest BCUT2D eigenvalue weighted by Crippen LogP contribution is 2.29. The second-order valence-corrected chi connectivity index (χ2v) is 5.41. The summed E-state index contributed by atoms with van der Waals surface area (Å²) in [5.74, 6) is 1.45. The van der Waals surface area contributed by atoms with E-state index in [-0.39, 0.29) is 5.75 Å². The molecule has 0 saturated carbocycles. The maximum absolute atomic E-state index is 9.45. The number of hydrogen-bond acceptors (Lipinski definition) is 4. The van der Waals surface area contributed by atoms with E-state index in [9.17, 15) is 5.11 Å². The average molecular weight is 390 g/mol. The minimum absolute atomic E-state index is 0.0560. The third-order valence-electron chi connectivity index (χ3n) is 2.70. The van der Waals surface area contributed by atoms with Crippen LogP contribution in [0.15, 0.2) is 18.2 Å². The number of nitrogens with zero attached hydrogens (tertiary/aromatic N) is 2. The van der Waals surface area contributed by atoms with Crippen LogP contribution in [0, 0.1) is 3.57 Å². The highest BCUT2D eigenvalue weighted by atomic mass is 127. The first-order valence-electron chi connectivity index (χ1n) is 5.79. The van der Waals surface area contributed by atoms with Gasteiger partial charge in [-0.1, -0.05) is 18.5 Å². The van der Waals surface area contributed by atoms with Crippen LogP contribution in [-0.2, 0) is 6.42 Å². The zero-order valence-corrected chi connectivity index (χ0v) is 13.5. The Kier molecular flexibility index (Phi) is 4.46. The standard InChI is InChI=1S/C13H13ClIN3O/c1-3-9-11(15)13(16-2)18-12(17-9)7-4-5-10(19)8(14)6-7/h4-6,19H,3H2,1-2H3,(H,16,17,18). The molecule has 0 atom stereocenters. The third kappa shape index (κ3) is 2.92. The van der Waals surface area contributed by atoms with Gasteiger partial charge in [-0.3, -0.25) is 0 Å². The predicted octanol–water partition coefficient (Wildman–Crippen LogP) is 3.71. The van der Waals surface area contributed by atoms with E-state index in [1.165, 1.54) is 0 Å². The van der Waals surface area contributed by atoms with Crippen molar-refractivity contribution in [2.45, 2.75) is 13.3 Å². The van der Waals surface area contributed by atoms with Crippen molar-refractivity contribution in [3.8, 4) is 17.1 Å². The summed E-state index contributed by atoms with van der Waals surface area (Å²) < 4.78 is 1.02. The van der Waals surface area contributed by atoms with Crippen LogP contribution in [0.25, 0.3) is 11.4 Å². The highest BCUT2D eigenvalue weighted by Gasteiger charge is 2.12. The van der Waals surface area contributed by atoms with Gasteiger partial charge in [0.05, 0.1) is 14.3 Å². The van der Waals surface area contributed by atoms with Crippen LogP contribution in [0.5, 0.6) is 5.75 Å². The van der Waals surface area contributed by atoms with Gasteiger partial charge in [-0.25, -0.2) is 9.97 Å². The molecule has 0 saturated heterocycles. The number of rotatable bonds is 3. The monoisotopic (exact) mass is 389 g/mol. The molecule has 0 spiro atoms. The number of aryl methyl sites for hydroxylation is 1. The van der Waals surface area contributed by atoms with Crippen molar-refractivity contribution in [3.63, 3.8) is 0 Å². The molecule has 19 heavy (non-hydrogen) atoms. The van der Waals surface area contributed by atoms with Gasteiger partial charge in [-0.15, -0.1) is 0 Å². The molecule has 4 nitrogen and oxygen atoms in total. The number of benzene rings is 1. The van der Waals surface area contributed by atoms with Crippen molar-refractivity contribution < 1.29 is 5.11 Å². The van der Waals surface area contributed by atoms with Gasteiger partial charge < -0.3 is 10.4 Å². The second kappa shape index (κ2) is 5.92. The Morgan fingerprint density at radius 3 is 2.68 bits per heavy atom. The van der Waals surface area contributed by atoms with Gasteiger partial charge in [0.1, 0.15) is 11.6 Å². The van der Waals surface area contributed by atoms with Crippen LogP contribution in [0.2, 0.25) is 5.02 Å². The summed E-state index contributed by atoms with van der Waals surface area (Å²) >= 11 is 8.16. The average Bonchev–Trinajstić information content (AvgIpc) is 2.42. The maximum atomic E-state index is 9.45. The molecule has 0 aliphatic carbocycles. The lowest BCUT2D eigenvalue weighted by Crippen LogP contribution is -2.04. The molecule has 100 valence electrons. The van der Waals surface area contributed by atoms with Crippen molar-refractivity contribution in [3.05, 3.63) is 32.5 Å². The lowest BCUT2D eigenvalue weighted by atomic mass is 10.2. The van der Waals surface area contributed by atoms with E-state index in [1.54, 1.807) is 18.2 Å². The zero-order chi connectivity index (χ0) is 14.0. The first-order chi connectivity index (χ1) is 9.06. The van der Waals surface area contributed by atoms with Gasteiger partial charge in [0.15, 0.2) is 5.82 Å². The Bertz CT molecular complexity index is 594. The molecule has 1 aromatic heterocycles. The normalized spacial score (nSPS) is 10.5. The molecule has 1 heterocycles. The topological polar surface area (TPSA) is 58.0 Å². The van der Waals surface area contributed by atoms with E-state index in [2.05, 4.69) is 44.8 Å². The number of halogens is 2. The summed E-state index contributed by atoms with van der Waals surface area (Å²) in [5, 5.41) is 12.8. The Balaban J connectivity index is 2.58. The lowest BCUT2D eigenvalue weighted by molar-refractivity contribution is 0.475. The van der Waals surface area contributed by atoms with Gasteiger partial charge in [0.2, 0.25) is 0 Å². The Morgan fingerprint density at radius 1 is 1.37 bits per heavy atom. The minimum atomic E-state index is 0.0560. The minimum Gasteiger partial charge on any atom is -0.506 e. The molecule has 2 N–H and O–H groups in total. The van der Waals surface area contributed by atoms with E-state index < -0.39 is 0 Å². The number of phenolic OH excluding ortho intramolecular Hbond substituents is 1. The Hall–Kier alpha value is -1.08. The van der Waals surface area contributed by atoms with Crippen molar-refractivity contribution >= 4 is 40.0 Å². The quantitative estimate of drug-likeness (QED) is 0.786. The summed E-state index contributed by atoms with van der Waals surface area (Å²) in [4.78, 5) is 9.01. The van der Waals surface area contributed by atoms with E-state index in [0.29, 0.717) is 10.8 Å². The van der Waals surface area contributed by atoms with Gasteiger partial charge >= 0.3 is 0 Å². The fraction of sp³-hybridized carbons (Fsp3) is 0.231. The van der Waals surface area contributed by atoms with E-state index in [1.807, 2.05) is 7.05 Å². The zero-order valence-electron chi connectivity index (χ0n) is 10.5. The van der Waals surface area contributed by atoms with Gasteiger partial charge in [0.25, 0.3) is 0 Å². The van der Waals surface area contributed by atoms with E-state index in [0.717, 1.165) is 27.1 Å². The summed E-state index contributed by atoms with van der Waals surface area (Å²) in [7, 11) is 1.83. The number of anilines is 1. The molecule has 2 rings (SSSR count). The molecule has 6 heteroatoms. The number of phenols is 1. The van der Waals surface area contributed by atoms with Crippen molar-refractivity contribution in [2.75, 3.05) is 12.4 Å². The first kappa shape index (κ1) is 14.3. The van der Waals surface area contributed by atoms with E-state index >= 15 is 0 Å². The van der Waals surface area contributed by atoms with Crippen LogP contribution in [0.3, 0.4) is 0 Å². The number of aromatic nitrogens is 2. The van der Waals surface area contributed by atoms with Gasteiger partial charge in [-0.2, -0.15) is 0 Å². The smallest absolute Gasteiger partial charge is 0.161 e. The summed E-state index contributed by atoms with van der Waals surface area (Å²) in [6.07, 6.45) is 0.828. The fourth-order valence-corrected chi connectivity index (χ4v) is 2.74. The lowest BCUT2D eigenvalue weighted by Gasteiger charge is -2.10. The SMILES string of the molecule is CCc1nc(-c2ccc(O)c(Cl)c2)nc(NC)c1I. The van der Waals surface area contributed by atoms with Gasteiger partial charge in [0, 0.05) is 12.6 Å². The number of aromatic hydroxyl groups is 1. The fourth-order valence-electron chi connectivity index (χ4n) is 1.67. The molecule has 0 amide bonds. The first-order valence-corrected chi connectivity index (χ1v) is 7.25. The van der Waals surface area contributed by atoms with Crippen LogP contribution in [0.1, 0.15) is 12.6 Å². The maximum Gasteiger partial charge on any atom is 0.161 e. The predicted molar refractivity (Wildman–Crippen MR) is 85.8 cm³/mol. The molecule has 2 aromatic rings. The number of nitrogens with one attached hydrogen (secondary N) is 1. The molecule has 0 aliphatic heterocycles. The Labute approximate surface area is 130 Å². The summed E-state index contributed by atoms with van der Waals surface area (Å²) in [6, 6.07) is 4.96. The molecular formula is C13H13ClIN3O. The van der Waals surface area contributed by atoms with Crippen molar-refractivity contribution in [1.29, 1.82) is 0 Å². The summed E-state index contributed by atoms with van der Waals surface area (Å²) in [5.41, 5.74) is 1.77. The van der Waals surface area contributed by atoms with Crippen molar-refractivity contribution in [1.82, 2.24) is 9.97 Å². The van der Waals surface area contributed by atoms with Crippen LogP contribution in [0.4, 0.5) is 5.82 Å². The molecule has 0 aliphatic rings. The molecule has 1 aromatic carbocycles. The van der Waals surface area contributed by atoms with Crippen LogP contribution >= 0.6 is 34.2 Å². The molecular weight excluding hydrogens is 377 g/mol.